The maximum atomic E-state index is 6.83. The fourth-order valence-corrected chi connectivity index (χ4v) is 28.3. The third-order valence-electron chi connectivity index (χ3n) is 15.8. The van der Waals surface area contributed by atoms with Crippen LogP contribution >= 0.6 is 36.4 Å². The summed E-state index contributed by atoms with van der Waals surface area (Å²) in [6.45, 7) is 21.4. The third-order valence-corrected chi connectivity index (χ3v) is 30.4. The molecule has 0 radical (unpaired) electrons. The molecule has 267 valence electrons. The summed E-state index contributed by atoms with van der Waals surface area (Å²) in [4.78, 5) is 0. The molecule has 4 unspecified atom stereocenters. The summed E-state index contributed by atoms with van der Waals surface area (Å²) in [6.07, 6.45) is 16.7. The number of hydrogen-bond acceptors (Lipinski definition) is 0. The van der Waals surface area contributed by atoms with E-state index in [1.54, 1.807) is 28.8 Å². The molecule has 0 saturated heterocycles. The Hall–Kier alpha value is -2.02. The minimum Gasteiger partial charge on any atom is -0.147 e. The van der Waals surface area contributed by atoms with Gasteiger partial charge in [-0.25, -0.2) is 0 Å². The van der Waals surface area contributed by atoms with Crippen molar-refractivity contribution in [2.45, 2.75) is 84.2 Å². The van der Waals surface area contributed by atoms with Crippen LogP contribution in [0.5, 0.6) is 0 Å². The fraction of sp³-hybridized carbons (Fsp3) is 0.383. The van der Waals surface area contributed by atoms with Crippen molar-refractivity contribution in [1.29, 1.82) is 0 Å². The van der Waals surface area contributed by atoms with Gasteiger partial charge in [0.25, 0.3) is 0 Å². The van der Waals surface area contributed by atoms with Gasteiger partial charge in [-0.3, -0.25) is 0 Å². The molecule has 0 aromatic heterocycles. The van der Waals surface area contributed by atoms with E-state index in [4.69, 9.17) is 11.6 Å². The molecule has 0 N–H and O–H groups in total. The molecule has 0 heterocycles. The minimum absolute atomic E-state index is 0. The minimum atomic E-state index is -4.10. The van der Waals surface area contributed by atoms with Gasteiger partial charge >= 0.3 is 307 Å². The van der Waals surface area contributed by atoms with Gasteiger partial charge in [0.2, 0.25) is 0 Å². The molecule has 8 rings (SSSR count). The first-order valence-electron chi connectivity index (χ1n) is 18.5. The Kier molecular flexibility index (Phi) is 9.93. The van der Waals surface area contributed by atoms with Crippen molar-refractivity contribution in [2.24, 2.45) is 27.6 Å². The fourth-order valence-electron chi connectivity index (χ4n) is 12.0. The number of allylic oxidation sites excluding steroid dienone is 10. The predicted octanol–water partition coefficient (Wildman–Crippen LogP) is 13.2. The van der Waals surface area contributed by atoms with Crippen molar-refractivity contribution in [1.82, 2.24) is 0 Å². The summed E-state index contributed by atoms with van der Waals surface area (Å²) in [5, 5.41) is 0.815. The van der Waals surface area contributed by atoms with Gasteiger partial charge < -0.3 is 0 Å². The molecular formula is C47H54Cl3Zr. The zero-order valence-corrected chi connectivity index (χ0v) is 36.4. The van der Waals surface area contributed by atoms with E-state index in [0.717, 1.165) is 24.3 Å². The smallest absolute Gasteiger partial charge is 0.147 e. The van der Waals surface area contributed by atoms with Gasteiger partial charge in [-0.1, -0.05) is 0 Å². The van der Waals surface area contributed by atoms with E-state index in [1.165, 1.54) is 23.1 Å². The molecule has 4 atom stereocenters. The van der Waals surface area contributed by atoms with Gasteiger partial charge in [0.15, 0.2) is 0 Å². The quantitative estimate of drug-likeness (QED) is 0.246. The van der Waals surface area contributed by atoms with Crippen molar-refractivity contribution in [2.75, 3.05) is 0 Å². The van der Waals surface area contributed by atoms with Crippen molar-refractivity contribution in [3.8, 4) is 0 Å². The number of fused-ring (bicyclic) bond motifs is 6. The second kappa shape index (κ2) is 13.1. The van der Waals surface area contributed by atoms with E-state index < -0.39 is 19.8 Å². The van der Waals surface area contributed by atoms with Crippen LogP contribution < -0.4 is 3.27 Å². The Labute approximate surface area is 329 Å². The molecule has 0 aliphatic heterocycles. The van der Waals surface area contributed by atoms with Gasteiger partial charge in [0, 0.05) is 0 Å². The van der Waals surface area contributed by atoms with Crippen LogP contribution in [0.15, 0.2) is 129 Å². The zero-order valence-electron chi connectivity index (χ0n) is 31.6. The van der Waals surface area contributed by atoms with Crippen molar-refractivity contribution in [3.63, 3.8) is 0 Å². The van der Waals surface area contributed by atoms with Crippen LogP contribution in [0.25, 0.3) is 5.57 Å². The van der Waals surface area contributed by atoms with E-state index in [-0.39, 0.29) is 49.6 Å². The Bertz CT molecular complexity index is 2100. The van der Waals surface area contributed by atoms with E-state index in [1.807, 2.05) is 6.07 Å². The second-order valence-corrected chi connectivity index (χ2v) is 28.0. The SMILES string of the molecule is CC12C(=C3Cc4ccccc4C3=C3C=CCCC31)[C](C)([Zr](=[CH]c1cccc(Cl)c1)([C]1=CC=CC1)[c]1ccccc1)C(C)(C)C(C)(C)C2(C)C.Cl.Cl. The van der Waals surface area contributed by atoms with E-state index >= 15 is 0 Å². The van der Waals surface area contributed by atoms with Crippen LogP contribution in [0.4, 0.5) is 0 Å². The van der Waals surface area contributed by atoms with Crippen molar-refractivity contribution >= 4 is 49.0 Å². The first-order chi connectivity index (χ1) is 23.2. The molecular weight excluding hydrogens is 762 g/mol. The van der Waals surface area contributed by atoms with Crippen molar-refractivity contribution in [3.05, 3.63) is 151 Å². The molecule has 0 spiro atoms. The van der Waals surface area contributed by atoms with E-state index in [9.17, 15) is 0 Å². The monoisotopic (exact) mass is 813 g/mol. The largest absolute Gasteiger partial charge is 0.147 e. The molecule has 5 aliphatic rings. The molecule has 51 heavy (non-hydrogen) atoms. The Balaban J connectivity index is 0.00000224. The zero-order chi connectivity index (χ0) is 34.6. The summed E-state index contributed by atoms with van der Waals surface area (Å²) in [5.41, 5.74) is 10.7. The third kappa shape index (κ3) is 4.83. The number of rotatable bonds is 4. The molecule has 3 aromatic rings. The molecule has 5 aliphatic carbocycles. The van der Waals surface area contributed by atoms with Gasteiger partial charge in [-0.15, -0.1) is 24.8 Å². The average molecular weight is 817 g/mol. The van der Waals surface area contributed by atoms with Crippen LogP contribution in [0.3, 0.4) is 0 Å². The summed E-state index contributed by atoms with van der Waals surface area (Å²) < 4.78 is 5.97. The molecule has 1 saturated carbocycles. The van der Waals surface area contributed by atoms with Crippen LogP contribution in [-0.2, 0) is 26.2 Å². The van der Waals surface area contributed by atoms with Crippen LogP contribution in [0, 0.1) is 27.6 Å². The first kappa shape index (κ1) is 38.7. The molecule has 0 nitrogen and oxygen atoms in total. The average Bonchev–Trinajstić information content (AvgIpc) is 3.76. The van der Waals surface area contributed by atoms with Crippen LogP contribution in [0.2, 0.25) is 8.15 Å². The molecule has 0 amide bonds. The number of benzene rings is 3. The Morgan fingerprint density at radius 2 is 1.47 bits per heavy atom. The van der Waals surface area contributed by atoms with Crippen LogP contribution in [-0.4, -0.2) is 3.71 Å². The van der Waals surface area contributed by atoms with Gasteiger partial charge in [-0.05, 0) is 0 Å². The standard InChI is InChI=1S/C29H37.C7H5Cl.C6H5.C5H5.2ClH.Zr/c1-18-25-22-17-19-13-9-10-14-20(19)24(22)21-15-11-12-16-23(21)29(25,8)28(6,7)27(4,5)26(18,2)3;1-6-3-2-4-7(8)5-6;1-2-4-6-5-3-1;1-2-4-5-3-1;;;/h9-11,13-15,23H,12,16-17H2,1-8H3;1-5H;1-5H;1-3H,4H2;2*1H;. The molecule has 0 bridgehead atoms. The van der Waals surface area contributed by atoms with E-state index in [0.29, 0.717) is 5.92 Å². The topological polar surface area (TPSA) is 0 Å². The summed E-state index contributed by atoms with van der Waals surface area (Å²) in [7, 11) is 0. The Morgan fingerprint density at radius 3 is 2.16 bits per heavy atom. The summed E-state index contributed by atoms with van der Waals surface area (Å²) in [6, 6.07) is 29.9. The summed E-state index contributed by atoms with van der Waals surface area (Å²) >= 11 is 2.72. The second-order valence-electron chi connectivity index (χ2n) is 17.5. The summed E-state index contributed by atoms with van der Waals surface area (Å²) in [5.74, 6) is 0.462. The maximum Gasteiger partial charge on any atom is -0.147 e. The number of halogens is 3. The van der Waals surface area contributed by atoms with Gasteiger partial charge in [-0.2, -0.15) is 0 Å². The Morgan fingerprint density at radius 1 is 0.765 bits per heavy atom. The number of hydrogen-bond donors (Lipinski definition) is 0. The first-order valence-corrected chi connectivity index (χ1v) is 24.0. The van der Waals surface area contributed by atoms with Gasteiger partial charge in [0.05, 0.1) is 0 Å². The molecule has 3 aromatic carbocycles. The van der Waals surface area contributed by atoms with Crippen LogP contribution in [0.1, 0.15) is 91.3 Å². The maximum absolute atomic E-state index is 6.83. The molecule has 4 heteroatoms. The normalized spacial score (nSPS) is 28.6. The van der Waals surface area contributed by atoms with Crippen molar-refractivity contribution < 1.29 is 19.8 Å². The molecule has 1 fully saturated rings. The predicted molar refractivity (Wildman–Crippen MR) is 223 cm³/mol. The van der Waals surface area contributed by atoms with Gasteiger partial charge in [0.1, 0.15) is 0 Å². The van der Waals surface area contributed by atoms with E-state index in [2.05, 4.69) is 162 Å².